The van der Waals surface area contributed by atoms with Gasteiger partial charge in [-0.15, -0.1) is 6.54 Å². The van der Waals surface area contributed by atoms with E-state index >= 15 is 0 Å². The number of hydrogen-bond donors (Lipinski definition) is 1. The van der Waals surface area contributed by atoms with E-state index in [-0.39, 0.29) is 57.1 Å². The summed E-state index contributed by atoms with van der Waals surface area (Å²) in [6.07, 6.45) is 2.72. The predicted octanol–water partition coefficient (Wildman–Crippen LogP) is 3.02. The van der Waals surface area contributed by atoms with Crippen LogP contribution in [-0.2, 0) is 42.3 Å². The normalized spacial score (nSPS) is 14.4. The molecular formula is C13H30NO4Y-. The van der Waals surface area contributed by atoms with Crippen LogP contribution in [0.2, 0.25) is 0 Å². The molecule has 1 amide bonds. The van der Waals surface area contributed by atoms with Gasteiger partial charge in [-0.3, -0.25) is 4.79 Å². The second kappa shape index (κ2) is 26.5. The number of carboxylic acid groups (broad SMARTS) is 1. The monoisotopic (exact) mass is 353 g/mol. The third-order valence-electron chi connectivity index (χ3n) is 1.76. The molecule has 1 aliphatic heterocycles. The first kappa shape index (κ1) is 31.4. The number of nitrogens with zero attached hydrogens (tertiary/aromatic N) is 1. The SMILES string of the molecule is CC.CC.CCCC.O.O=C1CC(C(=O)O)C[N-]1.[Y]. The quantitative estimate of drug-likeness (QED) is 0.826. The van der Waals surface area contributed by atoms with Crippen LogP contribution in [0.4, 0.5) is 0 Å². The van der Waals surface area contributed by atoms with Gasteiger partial charge in [0.1, 0.15) is 0 Å². The molecule has 19 heavy (non-hydrogen) atoms. The molecule has 1 saturated heterocycles. The van der Waals surface area contributed by atoms with Crippen molar-refractivity contribution in [2.24, 2.45) is 5.92 Å². The zero-order chi connectivity index (χ0) is 14.3. The van der Waals surface area contributed by atoms with Crippen molar-refractivity contribution in [2.75, 3.05) is 6.54 Å². The molecule has 1 rings (SSSR count). The minimum absolute atomic E-state index is 0. The van der Waals surface area contributed by atoms with Crippen molar-refractivity contribution < 1.29 is 52.9 Å². The molecule has 0 aromatic rings. The molecule has 1 unspecified atom stereocenters. The van der Waals surface area contributed by atoms with Crippen molar-refractivity contribution >= 4 is 11.9 Å². The molecule has 1 aliphatic rings. The molecule has 1 heterocycles. The second-order valence-electron chi connectivity index (χ2n) is 2.97. The van der Waals surface area contributed by atoms with E-state index in [1.807, 2.05) is 27.7 Å². The summed E-state index contributed by atoms with van der Waals surface area (Å²) in [4.78, 5) is 20.5. The Morgan fingerprint density at radius 3 is 1.68 bits per heavy atom. The summed E-state index contributed by atoms with van der Waals surface area (Å²) >= 11 is 0. The number of carbonyl (C=O) groups is 2. The van der Waals surface area contributed by atoms with Crippen molar-refractivity contribution in [1.82, 2.24) is 0 Å². The van der Waals surface area contributed by atoms with Crippen LogP contribution in [0.5, 0.6) is 0 Å². The minimum atomic E-state index is -0.926. The fraction of sp³-hybridized carbons (Fsp3) is 0.846. The van der Waals surface area contributed by atoms with Gasteiger partial charge < -0.3 is 20.7 Å². The Morgan fingerprint density at radius 2 is 1.58 bits per heavy atom. The molecule has 6 heteroatoms. The maximum Gasteiger partial charge on any atom is 0.305 e. The van der Waals surface area contributed by atoms with Gasteiger partial charge in [-0.2, -0.15) is 0 Å². The van der Waals surface area contributed by atoms with Gasteiger partial charge in [0.05, 0.1) is 5.91 Å². The van der Waals surface area contributed by atoms with E-state index in [2.05, 4.69) is 19.2 Å². The number of amides is 1. The van der Waals surface area contributed by atoms with Crippen molar-refractivity contribution in [1.29, 1.82) is 0 Å². The Kier molecular flexibility index (Phi) is 43.9. The van der Waals surface area contributed by atoms with E-state index in [1.54, 1.807) is 0 Å². The van der Waals surface area contributed by atoms with Crippen LogP contribution in [0.3, 0.4) is 0 Å². The third-order valence-corrected chi connectivity index (χ3v) is 1.76. The van der Waals surface area contributed by atoms with Crippen molar-refractivity contribution in [3.05, 3.63) is 5.32 Å². The van der Waals surface area contributed by atoms with Crippen molar-refractivity contribution in [3.63, 3.8) is 0 Å². The Balaban J connectivity index is -0.0000000568. The molecule has 0 spiro atoms. The van der Waals surface area contributed by atoms with E-state index in [4.69, 9.17) is 5.11 Å². The largest absolute Gasteiger partial charge is 0.653 e. The predicted molar refractivity (Wildman–Crippen MR) is 75.9 cm³/mol. The number of carbonyl (C=O) groups excluding carboxylic acids is 1. The van der Waals surface area contributed by atoms with Crippen LogP contribution < -0.4 is 0 Å². The smallest absolute Gasteiger partial charge is 0.305 e. The first-order chi connectivity index (χ1) is 8.11. The molecule has 0 aromatic carbocycles. The fourth-order valence-electron chi connectivity index (χ4n) is 0.717. The van der Waals surface area contributed by atoms with Gasteiger partial charge in [-0.1, -0.05) is 54.4 Å². The number of rotatable bonds is 2. The van der Waals surface area contributed by atoms with Gasteiger partial charge in [0.25, 0.3) is 0 Å². The van der Waals surface area contributed by atoms with E-state index in [0.29, 0.717) is 0 Å². The topological polar surface area (TPSA) is 100.0 Å². The van der Waals surface area contributed by atoms with E-state index in [0.717, 1.165) is 0 Å². The van der Waals surface area contributed by atoms with Gasteiger partial charge in [0, 0.05) is 45.0 Å². The first-order valence-electron chi connectivity index (χ1n) is 6.54. The standard InChI is InChI=1S/C5H7NO3.C4H10.2C2H6.H2O.Y/c7-4-1-3(2-6-4)5(8)9;1-3-4-2;2*1-2;;/h3H,1-2H2,(H2,6,7,8,9);3-4H2,1-2H3;2*1-2H3;1H2;/p-1. The van der Waals surface area contributed by atoms with Gasteiger partial charge in [0.2, 0.25) is 0 Å². The maximum absolute atomic E-state index is 10.3. The molecule has 1 fully saturated rings. The van der Waals surface area contributed by atoms with Gasteiger partial charge in [-0.05, 0) is 0 Å². The number of aliphatic carboxylic acids is 1. The summed E-state index contributed by atoms with van der Waals surface area (Å²) in [6.45, 7) is 12.5. The summed E-state index contributed by atoms with van der Waals surface area (Å²) in [5.41, 5.74) is 0. The Morgan fingerprint density at radius 1 is 1.21 bits per heavy atom. The molecular weight excluding hydrogens is 323 g/mol. The summed E-state index contributed by atoms with van der Waals surface area (Å²) in [7, 11) is 0. The van der Waals surface area contributed by atoms with Crippen LogP contribution in [-0.4, -0.2) is 29.0 Å². The average Bonchev–Trinajstić information content (AvgIpc) is 2.81. The van der Waals surface area contributed by atoms with E-state index < -0.39 is 11.9 Å². The van der Waals surface area contributed by atoms with E-state index in [1.165, 1.54) is 12.8 Å². The molecule has 5 nitrogen and oxygen atoms in total. The number of hydrogen-bond acceptors (Lipinski definition) is 2. The van der Waals surface area contributed by atoms with Crippen LogP contribution in [0.15, 0.2) is 0 Å². The molecule has 0 saturated carbocycles. The van der Waals surface area contributed by atoms with Crippen LogP contribution in [0.25, 0.3) is 5.32 Å². The van der Waals surface area contributed by atoms with Crippen LogP contribution in [0.1, 0.15) is 60.8 Å². The van der Waals surface area contributed by atoms with Crippen LogP contribution in [0, 0.1) is 5.92 Å². The Hall–Kier alpha value is 0.00390. The number of carboxylic acids is 1. The Labute approximate surface area is 143 Å². The maximum atomic E-state index is 10.3. The molecule has 1 radical (unpaired) electrons. The summed E-state index contributed by atoms with van der Waals surface area (Å²) in [6, 6.07) is 0. The minimum Gasteiger partial charge on any atom is -0.653 e. The van der Waals surface area contributed by atoms with Crippen molar-refractivity contribution in [2.45, 2.75) is 60.8 Å². The number of unbranched alkanes of at least 4 members (excludes halogenated alkanes) is 1. The van der Waals surface area contributed by atoms with E-state index in [9.17, 15) is 9.59 Å². The summed E-state index contributed by atoms with van der Waals surface area (Å²) < 4.78 is 0. The first-order valence-corrected chi connectivity index (χ1v) is 6.54. The zero-order valence-electron chi connectivity index (χ0n) is 13.2. The Bertz CT molecular complexity index is 187. The molecule has 0 aromatic heterocycles. The fourth-order valence-corrected chi connectivity index (χ4v) is 0.717. The van der Waals surface area contributed by atoms with Gasteiger partial charge in [-0.25, -0.2) is 0 Å². The summed E-state index contributed by atoms with van der Waals surface area (Å²) in [5.74, 6) is -1.77. The molecule has 0 aliphatic carbocycles. The second-order valence-corrected chi connectivity index (χ2v) is 2.97. The summed E-state index contributed by atoms with van der Waals surface area (Å²) in [5, 5.41) is 11.7. The van der Waals surface area contributed by atoms with Gasteiger partial charge in [0.15, 0.2) is 0 Å². The van der Waals surface area contributed by atoms with Gasteiger partial charge >= 0.3 is 5.97 Å². The van der Waals surface area contributed by atoms with Crippen LogP contribution >= 0.6 is 0 Å². The van der Waals surface area contributed by atoms with Crippen molar-refractivity contribution in [3.8, 4) is 0 Å². The molecule has 3 N–H and O–H groups in total. The third kappa shape index (κ3) is 23.5. The molecule has 0 bridgehead atoms. The molecule has 115 valence electrons. The zero-order valence-corrected chi connectivity index (χ0v) is 16.0. The average molecular weight is 353 g/mol. The molecule has 1 atom stereocenters.